The number of ether oxygens (including phenoxy) is 1. The zero-order valence-electron chi connectivity index (χ0n) is 13.8. The van der Waals surface area contributed by atoms with E-state index in [0.29, 0.717) is 23.5 Å². The molecular formula is C19H18N4O2. The lowest BCUT2D eigenvalue weighted by Gasteiger charge is -2.11. The number of nitrogens with one attached hydrogen (secondary N) is 2. The molecule has 0 fully saturated rings. The first kappa shape index (κ1) is 16.4. The van der Waals surface area contributed by atoms with Crippen molar-refractivity contribution in [3.8, 4) is 5.75 Å². The highest BCUT2D eigenvalue weighted by Crippen LogP contribution is 2.23. The first-order chi connectivity index (χ1) is 12.3. The van der Waals surface area contributed by atoms with Gasteiger partial charge in [0.15, 0.2) is 0 Å². The van der Waals surface area contributed by atoms with Crippen molar-refractivity contribution in [2.45, 2.75) is 6.54 Å². The van der Waals surface area contributed by atoms with Crippen LogP contribution in [0.15, 0.2) is 67.1 Å². The van der Waals surface area contributed by atoms with Crippen LogP contribution in [0.3, 0.4) is 0 Å². The van der Waals surface area contributed by atoms with Gasteiger partial charge in [-0.15, -0.1) is 0 Å². The Kier molecular flexibility index (Phi) is 5.21. The molecule has 0 atom stereocenters. The number of para-hydroxylation sites is 2. The number of carbonyl (C=O) groups is 1. The summed E-state index contributed by atoms with van der Waals surface area (Å²) in [4.78, 5) is 20.8. The van der Waals surface area contributed by atoms with E-state index in [2.05, 4.69) is 20.6 Å². The first-order valence-corrected chi connectivity index (χ1v) is 7.79. The van der Waals surface area contributed by atoms with E-state index in [1.165, 1.54) is 6.20 Å². The number of benzene rings is 1. The molecule has 3 rings (SSSR count). The molecule has 3 aromatic rings. The van der Waals surface area contributed by atoms with E-state index in [-0.39, 0.29) is 5.91 Å². The van der Waals surface area contributed by atoms with Crippen molar-refractivity contribution in [1.82, 2.24) is 9.97 Å². The van der Waals surface area contributed by atoms with Gasteiger partial charge >= 0.3 is 0 Å². The highest BCUT2D eigenvalue weighted by Gasteiger charge is 2.10. The van der Waals surface area contributed by atoms with Crippen LogP contribution in [-0.2, 0) is 6.54 Å². The molecule has 0 saturated heterocycles. The van der Waals surface area contributed by atoms with E-state index in [1.807, 2.05) is 30.3 Å². The molecule has 0 aliphatic carbocycles. The van der Waals surface area contributed by atoms with E-state index < -0.39 is 0 Å². The highest BCUT2D eigenvalue weighted by molar-refractivity contribution is 6.05. The lowest BCUT2D eigenvalue weighted by atomic mass is 10.2. The molecule has 6 heteroatoms. The summed E-state index contributed by atoms with van der Waals surface area (Å²) in [6, 6.07) is 14.7. The van der Waals surface area contributed by atoms with Crippen LogP contribution in [0.1, 0.15) is 16.1 Å². The molecule has 0 unspecified atom stereocenters. The van der Waals surface area contributed by atoms with E-state index in [1.54, 1.807) is 37.7 Å². The van der Waals surface area contributed by atoms with Crippen LogP contribution >= 0.6 is 0 Å². The van der Waals surface area contributed by atoms with Crippen LogP contribution in [0.2, 0.25) is 0 Å². The third kappa shape index (κ3) is 4.32. The van der Waals surface area contributed by atoms with Gasteiger partial charge in [0.2, 0.25) is 0 Å². The first-order valence-electron chi connectivity index (χ1n) is 7.79. The van der Waals surface area contributed by atoms with Gasteiger partial charge in [-0.25, -0.2) is 0 Å². The summed E-state index contributed by atoms with van der Waals surface area (Å²) in [5.41, 5.74) is 2.73. The number of carbonyl (C=O) groups excluding carboxylic acids is 1. The number of rotatable bonds is 6. The average Bonchev–Trinajstić information content (AvgIpc) is 2.68. The normalized spacial score (nSPS) is 10.1. The van der Waals surface area contributed by atoms with Gasteiger partial charge in [0, 0.05) is 18.6 Å². The molecule has 2 N–H and O–H groups in total. The van der Waals surface area contributed by atoms with Gasteiger partial charge in [0.05, 0.1) is 36.3 Å². The molecule has 0 spiro atoms. The Morgan fingerprint density at radius 2 is 1.96 bits per heavy atom. The predicted octanol–water partition coefficient (Wildman–Crippen LogP) is 3.35. The molecule has 6 nitrogen and oxygen atoms in total. The Balaban J connectivity index is 1.69. The molecule has 0 radical (unpaired) electrons. The zero-order chi connectivity index (χ0) is 17.5. The lowest BCUT2D eigenvalue weighted by Crippen LogP contribution is -2.13. The van der Waals surface area contributed by atoms with Crippen LogP contribution in [0.5, 0.6) is 5.75 Å². The predicted molar refractivity (Wildman–Crippen MR) is 96.7 cm³/mol. The molecule has 0 aliphatic heterocycles. The Morgan fingerprint density at radius 3 is 2.76 bits per heavy atom. The van der Waals surface area contributed by atoms with Crippen LogP contribution in [0.25, 0.3) is 0 Å². The minimum absolute atomic E-state index is 0.251. The molecule has 1 aromatic carbocycles. The summed E-state index contributed by atoms with van der Waals surface area (Å²) in [6.07, 6.45) is 4.94. The second-order valence-corrected chi connectivity index (χ2v) is 5.29. The van der Waals surface area contributed by atoms with Crippen molar-refractivity contribution in [2.24, 2.45) is 0 Å². The number of amides is 1. The molecule has 0 aliphatic rings. The summed E-state index contributed by atoms with van der Waals surface area (Å²) in [5, 5.41) is 6.05. The molecule has 0 saturated carbocycles. The maximum absolute atomic E-state index is 12.5. The molecule has 25 heavy (non-hydrogen) atoms. The summed E-state index contributed by atoms with van der Waals surface area (Å²) >= 11 is 0. The number of pyridine rings is 2. The van der Waals surface area contributed by atoms with Gasteiger partial charge in [0.25, 0.3) is 5.91 Å². The molecule has 1 amide bonds. The Bertz CT molecular complexity index is 853. The summed E-state index contributed by atoms with van der Waals surface area (Å²) in [7, 11) is 1.56. The molecule has 126 valence electrons. The number of nitrogens with zero attached hydrogens (tertiary/aromatic N) is 2. The van der Waals surface area contributed by atoms with Crippen molar-refractivity contribution in [3.05, 3.63) is 78.4 Å². The molecule has 0 bridgehead atoms. The monoisotopic (exact) mass is 334 g/mol. The average molecular weight is 334 g/mol. The van der Waals surface area contributed by atoms with E-state index in [0.717, 1.165) is 11.4 Å². The SMILES string of the molecule is COc1ccccc1NC(=O)c1cncc(NCc2ccccn2)c1. The quantitative estimate of drug-likeness (QED) is 0.723. The van der Waals surface area contributed by atoms with Crippen molar-refractivity contribution in [3.63, 3.8) is 0 Å². The van der Waals surface area contributed by atoms with Gasteiger partial charge in [-0.2, -0.15) is 0 Å². The van der Waals surface area contributed by atoms with Gasteiger partial charge in [-0.05, 0) is 30.3 Å². The Morgan fingerprint density at radius 1 is 1.12 bits per heavy atom. The lowest BCUT2D eigenvalue weighted by molar-refractivity contribution is 0.102. The van der Waals surface area contributed by atoms with E-state index >= 15 is 0 Å². The summed E-state index contributed by atoms with van der Waals surface area (Å²) in [6.45, 7) is 0.556. The Hall–Kier alpha value is -3.41. The number of hydrogen-bond acceptors (Lipinski definition) is 5. The smallest absolute Gasteiger partial charge is 0.257 e. The fourth-order valence-corrected chi connectivity index (χ4v) is 2.30. The van der Waals surface area contributed by atoms with E-state index in [9.17, 15) is 4.79 Å². The van der Waals surface area contributed by atoms with Gasteiger partial charge < -0.3 is 15.4 Å². The summed E-state index contributed by atoms with van der Waals surface area (Å²) < 4.78 is 5.24. The largest absolute Gasteiger partial charge is 0.495 e. The van der Waals surface area contributed by atoms with Crippen molar-refractivity contribution < 1.29 is 9.53 Å². The van der Waals surface area contributed by atoms with Crippen molar-refractivity contribution in [1.29, 1.82) is 0 Å². The summed E-state index contributed by atoms with van der Waals surface area (Å²) in [5.74, 6) is 0.353. The highest BCUT2D eigenvalue weighted by atomic mass is 16.5. The number of methoxy groups -OCH3 is 1. The third-order valence-electron chi connectivity index (χ3n) is 3.56. The van der Waals surface area contributed by atoms with Gasteiger partial charge in [-0.1, -0.05) is 18.2 Å². The minimum atomic E-state index is -0.251. The van der Waals surface area contributed by atoms with Crippen LogP contribution in [-0.4, -0.2) is 23.0 Å². The van der Waals surface area contributed by atoms with Crippen LogP contribution < -0.4 is 15.4 Å². The van der Waals surface area contributed by atoms with Gasteiger partial charge in [-0.3, -0.25) is 14.8 Å². The molecule has 2 heterocycles. The maximum atomic E-state index is 12.5. The van der Waals surface area contributed by atoms with Crippen molar-refractivity contribution in [2.75, 3.05) is 17.7 Å². The van der Waals surface area contributed by atoms with Crippen molar-refractivity contribution >= 4 is 17.3 Å². The fraction of sp³-hybridized carbons (Fsp3) is 0.105. The second kappa shape index (κ2) is 7.92. The number of anilines is 2. The fourth-order valence-electron chi connectivity index (χ4n) is 2.30. The maximum Gasteiger partial charge on any atom is 0.257 e. The molecular weight excluding hydrogens is 316 g/mol. The van der Waals surface area contributed by atoms with Crippen LogP contribution in [0, 0.1) is 0 Å². The zero-order valence-corrected chi connectivity index (χ0v) is 13.8. The Labute approximate surface area is 145 Å². The van der Waals surface area contributed by atoms with Crippen LogP contribution in [0.4, 0.5) is 11.4 Å². The number of hydrogen-bond donors (Lipinski definition) is 2. The second-order valence-electron chi connectivity index (χ2n) is 5.29. The van der Waals surface area contributed by atoms with E-state index in [4.69, 9.17) is 4.74 Å². The van der Waals surface area contributed by atoms with Gasteiger partial charge in [0.1, 0.15) is 5.75 Å². The number of aromatic nitrogens is 2. The third-order valence-corrected chi connectivity index (χ3v) is 3.56. The standard InChI is InChI=1S/C19H18N4O2/c1-25-18-8-3-2-7-17(18)23-19(24)14-10-16(12-20-11-14)22-13-15-6-4-5-9-21-15/h2-12,22H,13H2,1H3,(H,23,24). The molecule has 2 aromatic heterocycles. The topological polar surface area (TPSA) is 76.1 Å². The minimum Gasteiger partial charge on any atom is -0.495 e.